The first kappa shape index (κ1) is 11.3. The van der Waals surface area contributed by atoms with Crippen LogP contribution in [0.2, 0.25) is 12.6 Å². The maximum absolute atomic E-state index is 10.7. The molecular weight excluding hydrogens is 212 g/mol. The monoisotopic (exact) mass is 230 g/mol. The Balaban J connectivity index is 2.41. The first-order chi connectivity index (χ1) is 7.77. The summed E-state index contributed by atoms with van der Waals surface area (Å²) in [5, 5.41) is 2.91. The van der Waals surface area contributed by atoms with Crippen LogP contribution in [0.15, 0.2) is 41.6 Å². The van der Waals surface area contributed by atoms with Crippen LogP contribution in [0.3, 0.4) is 0 Å². The summed E-state index contributed by atoms with van der Waals surface area (Å²) in [6, 6.07) is 12.0. The summed E-state index contributed by atoms with van der Waals surface area (Å²) >= 11 is 0. The van der Waals surface area contributed by atoms with Crippen LogP contribution in [-0.4, -0.2) is 14.4 Å². The van der Waals surface area contributed by atoms with Crippen LogP contribution in [0.4, 0.5) is 0 Å². The highest BCUT2D eigenvalue weighted by Crippen LogP contribution is 2.31. The summed E-state index contributed by atoms with van der Waals surface area (Å²) in [5.74, 6) is 0. The van der Waals surface area contributed by atoms with Crippen LogP contribution in [-0.2, 0) is 4.79 Å². The van der Waals surface area contributed by atoms with E-state index in [-0.39, 0.29) is 0 Å². The van der Waals surface area contributed by atoms with Crippen molar-refractivity contribution in [3.8, 4) is 0 Å². The lowest BCUT2D eigenvalue weighted by atomic mass is 10.2. The van der Waals surface area contributed by atoms with Gasteiger partial charge in [0.05, 0.1) is 0 Å². The Morgan fingerprint density at radius 1 is 1.19 bits per heavy atom. The Kier molecular flexibility index (Phi) is 3.39. The van der Waals surface area contributed by atoms with Gasteiger partial charge >= 0.3 is 0 Å². The quantitative estimate of drug-likeness (QED) is 0.434. The van der Waals surface area contributed by atoms with Gasteiger partial charge in [0.1, 0.15) is 14.4 Å². The number of hydrogen-bond acceptors (Lipinski definition) is 1. The molecule has 1 saturated heterocycles. The molecule has 0 aromatic heterocycles. The van der Waals surface area contributed by atoms with E-state index in [0.717, 1.165) is 12.7 Å². The van der Waals surface area contributed by atoms with E-state index in [1.807, 2.05) is 6.08 Å². The van der Waals surface area contributed by atoms with Crippen LogP contribution < -0.4 is 5.19 Å². The number of carbonyl (C=O) groups is 1. The minimum atomic E-state index is -1.53. The largest absolute Gasteiger partial charge is 0.299 e. The van der Waals surface area contributed by atoms with Gasteiger partial charge in [0.15, 0.2) is 0 Å². The van der Waals surface area contributed by atoms with Crippen LogP contribution in [0.25, 0.3) is 0 Å². The molecule has 1 atom stereocenters. The highest BCUT2D eigenvalue weighted by molar-refractivity contribution is 6.96. The molecule has 1 nitrogen and oxygen atoms in total. The highest BCUT2D eigenvalue weighted by atomic mass is 28.3. The van der Waals surface area contributed by atoms with Gasteiger partial charge in [-0.05, 0) is 18.5 Å². The molecule has 1 unspecified atom stereocenters. The molecule has 0 bridgehead atoms. The average Bonchev–Trinajstić information content (AvgIpc) is 2.34. The van der Waals surface area contributed by atoms with Crippen LogP contribution in [0, 0.1) is 0 Å². The normalized spacial score (nSPS) is 27.9. The number of aldehydes is 1. The number of hydrogen-bond donors (Lipinski definition) is 0. The third kappa shape index (κ3) is 2.02. The van der Waals surface area contributed by atoms with Crippen molar-refractivity contribution in [2.24, 2.45) is 0 Å². The van der Waals surface area contributed by atoms with Crippen molar-refractivity contribution in [1.29, 1.82) is 0 Å². The standard InChI is InChI=1S/C14H18OSi/c1-16(13-7-3-2-4-8-13)12-6-5-9-14(16)10-11-15/h2-4,7-8,10-11H,5-6,9,12H2,1H3/b14-10+. The van der Waals surface area contributed by atoms with Gasteiger partial charge in [0.25, 0.3) is 0 Å². The minimum Gasteiger partial charge on any atom is -0.299 e. The van der Waals surface area contributed by atoms with Gasteiger partial charge in [-0.15, -0.1) is 0 Å². The zero-order valence-corrected chi connectivity index (χ0v) is 10.8. The van der Waals surface area contributed by atoms with Crippen LogP contribution >= 0.6 is 0 Å². The van der Waals surface area contributed by atoms with Crippen molar-refractivity contribution in [2.75, 3.05) is 0 Å². The molecule has 0 spiro atoms. The Labute approximate surface area is 98.2 Å². The second-order valence-corrected chi connectivity index (χ2v) is 9.12. The van der Waals surface area contributed by atoms with Gasteiger partial charge in [-0.3, -0.25) is 4.79 Å². The van der Waals surface area contributed by atoms with E-state index in [4.69, 9.17) is 0 Å². The van der Waals surface area contributed by atoms with Crippen molar-refractivity contribution in [3.63, 3.8) is 0 Å². The lowest BCUT2D eigenvalue weighted by Crippen LogP contribution is -2.48. The van der Waals surface area contributed by atoms with Crippen molar-refractivity contribution in [2.45, 2.75) is 31.9 Å². The molecule has 1 heterocycles. The summed E-state index contributed by atoms with van der Waals surface area (Å²) < 4.78 is 0. The van der Waals surface area contributed by atoms with Gasteiger partial charge in [0.2, 0.25) is 0 Å². The molecule has 1 fully saturated rings. The highest BCUT2D eigenvalue weighted by Gasteiger charge is 2.35. The summed E-state index contributed by atoms with van der Waals surface area (Å²) in [5.41, 5.74) is 0. The third-order valence-corrected chi connectivity index (χ3v) is 8.56. The molecule has 1 aliphatic rings. The predicted molar refractivity (Wildman–Crippen MR) is 70.5 cm³/mol. The number of carbonyl (C=O) groups excluding carboxylic acids is 1. The molecule has 1 aliphatic heterocycles. The predicted octanol–water partition coefficient (Wildman–Crippen LogP) is 2.82. The van der Waals surface area contributed by atoms with E-state index in [9.17, 15) is 4.79 Å². The third-order valence-electron chi connectivity index (χ3n) is 3.76. The maximum Gasteiger partial charge on any atom is 0.142 e. The van der Waals surface area contributed by atoms with Crippen molar-refractivity contribution < 1.29 is 4.79 Å². The molecule has 0 aliphatic carbocycles. The molecule has 0 radical (unpaired) electrons. The number of benzene rings is 1. The number of rotatable bonds is 2. The van der Waals surface area contributed by atoms with Gasteiger partial charge in [0, 0.05) is 0 Å². The molecule has 1 aromatic carbocycles. The van der Waals surface area contributed by atoms with E-state index >= 15 is 0 Å². The van der Waals surface area contributed by atoms with Crippen LogP contribution in [0.1, 0.15) is 19.3 Å². The van der Waals surface area contributed by atoms with Crippen molar-refractivity contribution in [3.05, 3.63) is 41.6 Å². The molecular formula is C14H18OSi. The Morgan fingerprint density at radius 3 is 2.62 bits per heavy atom. The summed E-state index contributed by atoms with van der Waals surface area (Å²) in [6.07, 6.45) is 6.48. The molecule has 1 aromatic rings. The first-order valence-corrected chi connectivity index (χ1v) is 8.68. The fourth-order valence-corrected chi connectivity index (χ4v) is 6.75. The Morgan fingerprint density at radius 2 is 1.94 bits per heavy atom. The van der Waals surface area contributed by atoms with E-state index < -0.39 is 8.07 Å². The molecule has 0 amide bonds. The Bertz CT molecular complexity index is 396. The zero-order chi connectivity index (χ0) is 11.4. The van der Waals surface area contributed by atoms with Gasteiger partial charge < -0.3 is 0 Å². The molecule has 2 rings (SSSR count). The molecule has 0 N–H and O–H groups in total. The zero-order valence-electron chi connectivity index (χ0n) is 9.78. The first-order valence-electron chi connectivity index (χ1n) is 5.98. The van der Waals surface area contributed by atoms with E-state index in [1.54, 1.807) is 0 Å². The van der Waals surface area contributed by atoms with E-state index in [0.29, 0.717) is 0 Å². The maximum atomic E-state index is 10.7. The van der Waals surface area contributed by atoms with Crippen molar-refractivity contribution in [1.82, 2.24) is 0 Å². The fourth-order valence-electron chi connectivity index (χ4n) is 2.72. The fraction of sp³-hybridized carbons (Fsp3) is 0.357. The second-order valence-electron chi connectivity index (χ2n) is 4.73. The molecule has 2 heteroatoms. The molecule has 84 valence electrons. The second kappa shape index (κ2) is 4.79. The molecule has 16 heavy (non-hydrogen) atoms. The number of allylic oxidation sites excluding steroid dienone is 2. The minimum absolute atomic E-state index is 0.967. The summed E-state index contributed by atoms with van der Waals surface area (Å²) in [6.45, 7) is 2.40. The van der Waals surface area contributed by atoms with Crippen LogP contribution in [0.5, 0.6) is 0 Å². The smallest absolute Gasteiger partial charge is 0.142 e. The van der Waals surface area contributed by atoms with Gasteiger partial charge in [-0.2, -0.15) is 0 Å². The van der Waals surface area contributed by atoms with Gasteiger partial charge in [-0.25, -0.2) is 0 Å². The lowest BCUT2D eigenvalue weighted by Gasteiger charge is -2.34. The Hall–Kier alpha value is -1.15. The average molecular weight is 230 g/mol. The van der Waals surface area contributed by atoms with Crippen molar-refractivity contribution >= 4 is 19.5 Å². The van der Waals surface area contributed by atoms with Gasteiger partial charge in [-0.1, -0.05) is 60.1 Å². The lowest BCUT2D eigenvalue weighted by molar-refractivity contribution is -0.104. The topological polar surface area (TPSA) is 17.1 Å². The summed E-state index contributed by atoms with van der Waals surface area (Å²) in [7, 11) is -1.53. The summed E-state index contributed by atoms with van der Waals surface area (Å²) in [4.78, 5) is 10.7. The molecule has 0 saturated carbocycles. The SMILES string of the molecule is C[Si]1(c2ccccc2)CCCC/C1=C\C=O. The van der Waals surface area contributed by atoms with E-state index in [2.05, 4.69) is 36.9 Å². The van der Waals surface area contributed by atoms with E-state index in [1.165, 1.54) is 29.3 Å².